The van der Waals surface area contributed by atoms with Crippen LogP contribution >= 0.6 is 0 Å². The fraction of sp³-hybridized carbons (Fsp3) is 0.300. The first-order valence-corrected chi connectivity index (χ1v) is 8.23. The summed E-state index contributed by atoms with van der Waals surface area (Å²) in [6, 6.07) is 20.3. The molecule has 0 saturated carbocycles. The van der Waals surface area contributed by atoms with Crippen LogP contribution < -0.4 is 0 Å². The molecule has 0 aliphatic carbocycles. The first-order valence-electron chi connectivity index (χ1n) is 8.23. The maximum atomic E-state index is 12.7. The van der Waals surface area contributed by atoms with Gasteiger partial charge in [0.05, 0.1) is 11.8 Å². The number of hydrogen-bond acceptors (Lipinski definition) is 3. The normalized spacial score (nSPS) is 28.8. The van der Waals surface area contributed by atoms with Crippen molar-refractivity contribution in [1.82, 2.24) is 4.90 Å². The summed E-state index contributed by atoms with van der Waals surface area (Å²) in [6.45, 7) is 2.66. The van der Waals surface area contributed by atoms with Crippen molar-refractivity contribution >= 4 is 11.6 Å². The summed E-state index contributed by atoms with van der Waals surface area (Å²) >= 11 is 0. The van der Waals surface area contributed by atoms with Crippen LogP contribution in [0.15, 0.2) is 65.7 Å². The van der Waals surface area contributed by atoms with Gasteiger partial charge in [-0.2, -0.15) is 0 Å². The standard InChI is InChI=1S/C20H20N2O2/c1-14-13-22-19(23)18(24-2)20(22,16-11-7-4-8-12-16)17(21-14)15-9-5-3-6-10-15/h3-12,14,18H,13H2,1-2H3/t14?,18-,20+/m1/s1. The number of β-lactam (4-membered cyclic amide) rings is 1. The molecule has 1 fully saturated rings. The summed E-state index contributed by atoms with van der Waals surface area (Å²) in [6.07, 6.45) is -0.536. The Morgan fingerprint density at radius 2 is 1.71 bits per heavy atom. The van der Waals surface area contributed by atoms with Crippen molar-refractivity contribution in [2.24, 2.45) is 4.99 Å². The van der Waals surface area contributed by atoms with Crippen LogP contribution in [0.2, 0.25) is 0 Å². The Morgan fingerprint density at radius 3 is 2.33 bits per heavy atom. The highest BCUT2D eigenvalue weighted by Crippen LogP contribution is 2.48. The van der Waals surface area contributed by atoms with Gasteiger partial charge >= 0.3 is 0 Å². The van der Waals surface area contributed by atoms with Gasteiger partial charge in [-0.3, -0.25) is 9.79 Å². The third-order valence-corrected chi connectivity index (χ3v) is 4.95. The summed E-state index contributed by atoms with van der Waals surface area (Å²) in [5.41, 5.74) is 2.36. The molecule has 24 heavy (non-hydrogen) atoms. The molecule has 2 aromatic carbocycles. The highest BCUT2D eigenvalue weighted by Gasteiger charge is 2.66. The lowest BCUT2D eigenvalue weighted by atomic mass is 9.68. The second-order valence-corrected chi connectivity index (χ2v) is 6.39. The molecule has 0 spiro atoms. The number of rotatable bonds is 3. The van der Waals surface area contributed by atoms with Crippen LogP contribution in [0.25, 0.3) is 0 Å². The average Bonchev–Trinajstić information content (AvgIpc) is 2.63. The van der Waals surface area contributed by atoms with E-state index in [0.717, 1.165) is 16.8 Å². The number of nitrogens with zero attached hydrogens (tertiary/aromatic N) is 2. The van der Waals surface area contributed by atoms with Crippen LogP contribution in [0.1, 0.15) is 18.1 Å². The second kappa shape index (κ2) is 5.56. The fourth-order valence-electron chi connectivity index (χ4n) is 3.98. The van der Waals surface area contributed by atoms with E-state index in [1.165, 1.54) is 0 Å². The van der Waals surface area contributed by atoms with E-state index in [0.29, 0.717) is 6.54 Å². The van der Waals surface area contributed by atoms with Gasteiger partial charge in [-0.05, 0) is 18.1 Å². The Bertz CT molecular complexity index is 788. The fourth-order valence-corrected chi connectivity index (χ4v) is 3.98. The molecule has 3 atom stereocenters. The van der Waals surface area contributed by atoms with Crippen LogP contribution in [0.4, 0.5) is 0 Å². The molecule has 1 saturated heterocycles. The lowest BCUT2D eigenvalue weighted by molar-refractivity contribution is -0.182. The van der Waals surface area contributed by atoms with E-state index in [4.69, 9.17) is 9.73 Å². The van der Waals surface area contributed by atoms with Crippen molar-refractivity contribution in [1.29, 1.82) is 0 Å². The summed E-state index contributed by atoms with van der Waals surface area (Å²) in [4.78, 5) is 19.6. The number of benzene rings is 2. The molecule has 1 amide bonds. The van der Waals surface area contributed by atoms with Gasteiger partial charge in [0.1, 0.15) is 5.54 Å². The molecule has 122 valence electrons. The van der Waals surface area contributed by atoms with Crippen molar-refractivity contribution in [3.8, 4) is 0 Å². The molecule has 1 unspecified atom stereocenters. The first kappa shape index (κ1) is 15.1. The van der Waals surface area contributed by atoms with E-state index in [9.17, 15) is 4.79 Å². The molecule has 0 aromatic heterocycles. The largest absolute Gasteiger partial charge is 0.368 e. The molecule has 2 heterocycles. The van der Waals surface area contributed by atoms with Crippen LogP contribution in [0.3, 0.4) is 0 Å². The van der Waals surface area contributed by atoms with E-state index in [2.05, 4.69) is 24.3 Å². The number of hydrogen-bond donors (Lipinski definition) is 0. The Balaban J connectivity index is 1.97. The van der Waals surface area contributed by atoms with E-state index in [1.54, 1.807) is 7.11 Å². The molecular weight excluding hydrogens is 300 g/mol. The number of methoxy groups -OCH3 is 1. The maximum Gasteiger partial charge on any atom is 0.256 e. The van der Waals surface area contributed by atoms with E-state index >= 15 is 0 Å². The van der Waals surface area contributed by atoms with Gasteiger partial charge < -0.3 is 9.64 Å². The molecule has 0 N–H and O–H groups in total. The minimum absolute atomic E-state index is 0.0385. The summed E-state index contributed by atoms with van der Waals surface area (Å²) in [7, 11) is 1.60. The van der Waals surface area contributed by atoms with Crippen molar-refractivity contribution < 1.29 is 9.53 Å². The SMILES string of the molecule is CO[C@@H]1C(=O)N2CC(C)N=C(c3ccccc3)[C@@]12c1ccccc1. The number of fused-ring (bicyclic) bond motifs is 1. The number of amides is 1. The Labute approximate surface area is 141 Å². The Morgan fingerprint density at radius 1 is 1.08 bits per heavy atom. The molecule has 4 heteroatoms. The van der Waals surface area contributed by atoms with Crippen molar-refractivity contribution in [3.05, 3.63) is 71.8 Å². The first-order chi connectivity index (χ1) is 11.7. The molecule has 2 aromatic rings. The van der Waals surface area contributed by atoms with Crippen LogP contribution in [-0.4, -0.2) is 42.3 Å². The highest BCUT2D eigenvalue weighted by atomic mass is 16.5. The predicted molar refractivity (Wildman–Crippen MR) is 93.1 cm³/mol. The topological polar surface area (TPSA) is 41.9 Å². The van der Waals surface area contributed by atoms with Crippen molar-refractivity contribution in [3.63, 3.8) is 0 Å². The van der Waals surface area contributed by atoms with E-state index in [-0.39, 0.29) is 11.9 Å². The van der Waals surface area contributed by atoms with E-state index in [1.807, 2.05) is 48.2 Å². The van der Waals surface area contributed by atoms with Crippen molar-refractivity contribution in [2.75, 3.05) is 13.7 Å². The van der Waals surface area contributed by atoms with Crippen LogP contribution in [-0.2, 0) is 15.1 Å². The number of carbonyl (C=O) groups is 1. The predicted octanol–water partition coefficient (Wildman–Crippen LogP) is 2.63. The Kier molecular flexibility index (Phi) is 3.50. The third-order valence-electron chi connectivity index (χ3n) is 4.95. The monoisotopic (exact) mass is 320 g/mol. The number of carbonyl (C=O) groups excluding carboxylic acids is 1. The zero-order valence-corrected chi connectivity index (χ0v) is 13.8. The molecular formula is C20H20N2O2. The highest BCUT2D eigenvalue weighted by molar-refractivity contribution is 6.16. The van der Waals surface area contributed by atoms with Gasteiger partial charge in [-0.25, -0.2) is 0 Å². The van der Waals surface area contributed by atoms with Gasteiger partial charge in [0.2, 0.25) is 0 Å². The minimum atomic E-state index is -0.638. The van der Waals surface area contributed by atoms with Crippen LogP contribution in [0, 0.1) is 0 Å². The summed E-state index contributed by atoms with van der Waals surface area (Å²) in [5.74, 6) is 0.0385. The Hall–Kier alpha value is -2.46. The molecule has 4 rings (SSSR count). The number of ether oxygens (including phenoxy) is 1. The van der Waals surface area contributed by atoms with E-state index < -0.39 is 11.6 Å². The van der Waals surface area contributed by atoms with Gasteiger partial charge in [0.15, 0.2) is 6.10 Å². The van der Waals surface area contributed by atoms with Crippen LogP contribution in [0.5, 0.6) is 0 Å². The summed E-state index contributed by atoms with van der Waals surface area (Å²) < 4.78 is 5.64. The van der Waals surface area contributed by atoms with Gasteiger partial charge in [0, 0.05) is 13.7 Å². The molecule has 4 nitrogen and oxygen atoms in total. The number of aliphatic imine (C=N–C) groups is 1. The zero-order valence-electron chi connectivity index (χ0n) is 13.8. The molecule has 2 aliphatic rings. The molecule has 2 aliphatic heterocycles. The van der Waals surface area contributed by atoms with Gasteiger partial charge in [-0.1, -0.05) is 60.7 Å². The smallest absolute Gasteiger partial charge is 0.256 e. The quantitative estimate of drug-likeness (QED) is 0.816. The summed E-state index contributed by atoms with van der Waals surface area (Å²) in [5, 5.41) is 0. The maximum absolute atomic E-state index is 12.7. The third kappa shape index (κ3) is 1.89. The average molecular weight is 320 g/mol. The van der Waals surface area contributed by atoms with Gasteiger partial charge in [-0.15, -0.1) is 0 Å². The molecule has 0 bridgehead atoms. The lowest BCUT2D eigenvalue weighted by Gasteiger charge is -2.59. The molecule has 0 radical (unpaired) electrons. The minimum Gasteiger partial charge on any atom is -0.368 e. The zero-order chi connectivity index (χ0) is 16.7. The van der Waals surface area contributed by atoms with Crippen molar-refractivity contribution in [2.45, 2.75) is 24.6 Å². The van der Waals surface area contributed by atoms with Gasteiger partial charge in [0.25, 0.3) is 5.91 Å². The second-order valence-electron chi connectivity index (χ2n) is 6.39. The lowest BCUT2D eigenvalue weighted by Crippen LogP contribution is -2.78.